The standard InChI is InChI=1S/C19H19ClN4O2/c1-11-7-12(2)17(15(20)8-11)24-18(25)16-9-13(3)22-19(23-16)21-10-14-5-4-6-26-14/h4-9H,10H2,1-3H3,(H,24,25)(H,21,22,23). The molecule has 1 amide bonds. The maximum Gasteiger partial charge on any atom is 0.274 e. The number of anilines is 2. The van der Waals surface area contributed by atoms with Gasteiger partial charge in [0.05, 0.1) is 23.5 Å². The Labute approximate surface area is 156 Å². The number of benzene rings is 1. The lowest BCUT2D eigenvalue weighted by molar-refractivity contribution is 0.102. The molecule has 0 bridgehead atoms. The van der Waals surface area contributed by atoms with Gasteiger partial charge in [-0.1, -0.05) is 17.7 Å². The van der Waals surface area contributed by atoms with Gasteiger partial charge in [0.15, 0.2) is 0 Å². The number of aromatic nitrogens is 2. The number of halogens is 1. The molecule has 2 heterocycles. The number of hydrogen-bond acceptors (Lipinski definition) is 5. The van der Waals surface area contributed by atoms with Gasteiger partial charge < -0.3 is 15.1 Å². The van der Waals surface area contributed by atoms with Crippen molar-refractivity contribution in [2.24, 2.45) is 0 Å². The number of carbonyl (C=O) groups excluding carboxylic acids is 1. The minimum Gasteiger partial charge on any atom is -0.467 e. The SMILES string of the molecule is Cc1cc(C)c(NC(=O)c2cc(C)nc(NCc3ccco3)n2)c(Cl)c1. The van der Waals surface area contributed by atoms with Crippen molar-refractivity contribution in [2.75, 3.05) is 10.6 Å². The first-order valence-electron chi connectivity index (χ1n) is 8.12. The van der Waals surface area contributed by atoms with Gasteiger partial charge >= 0.3 is 0 Å². The zero-order valence-electron chi connectivity index (χ0n) is 14.8. The summed E-state index contributed by atoms with van der Waals surface area (Å²) in [5.74, 6) is 0.770. The van der Waals surface area contributed by atoms with Crippen LogP contribution in [-0.2, 0) is 6.54 Å². The van der Waals surface area contributed by atoms with E-state index in [1.54, 1.807) is 25.3 Å². The van der Waals surface area contributed by atoms with Crippen molar-refractivity contribution in [2.45, 2.75) is 27.3 Å². The average Bonchev–Trinajstić information content (AvgIpc) is 3.09. The van der Waals surface area contributed by atoms with Crippen LogP contribution >= 0.6 is 11.6 Å². The van der Waals surface area contributed by atoms with Gasteiger partial charge in [0, 0.05) is 5.69 Å². The van der Waals surface area contributed by atoms with Crippen molar-refractivity contribution < 1.29 is 9.21 Å². The molecule has 134 valence electrons. The minimum atomic E-state index is -0.342. The van der Waals surface area contributed by atoms with Crippen molar-refractivity contribution in [1.82, 2.24) is 9.97 Å². The summed E-state index contributed by atoms with van der Waals surface area (Å²) in [6.07, 6.45) is 1.60. The second kappa shape index (κ2) is 7.58. The van der Waals surface area contributed by atoms with E-state index in [1.165, 1.54) is 0 Å². The van der Waals surface area contributed by atoms with Gasteiger partial charge in [-0.2, -0.15) is 0 Å². The normalized spacial score (nSPS) is 10.6. The Hall–Kier alpha value is -2.86. The quantitative estimate of drug-likeness (QED) is 0.690. The summed E-state index contributed by atoms with van der Waals surface area (Å²) in [5.41, 5.74) is 3.45. The molecule has 3 rings (SSSR count). The molecule has 6 nitrogen and oxygen atoms in total. The molecule has 2 aromatic heterocycles. The fraction of sp³-hybridized carbons (Fsp3) is 0.211. The van der Waals surface area contributed by atoms with Gasteiger partial charge in [-0.25, -0.2) is 9.97 Å². The van der Waals surface area contributed by atoms with Gasteiger partial charge in [0.1, 0.15) is 11.5 Å². The van der Waals surface area contributed by atoms with E-state index in [9.17, 15) is 4.79 Å². The highest BCUT2D eigenvalue weighted by Crippen LogP contribution is 2.27. The summed E-state index contributed by atoms with van der Waals surface area (Å²) in [4.78, 5) is 21.2. The van der Waals surface area contributed by atoms with Crippen LogP contribution in [0.1, 0.15) is 33.1 Å². The number of amides is 1. The molecule has 7 heteroatoms. The first-order valence-corrected chi connectivity index (χ1v) is 8.50. The van der Waals surface area contributed by atoms with E-state index >= 15 is 0 Å². The molecule has 0 unspecified atom stereocenters. The Morgan fingerprint density at radius 1 is 1.19 bits per heavy atom. The topological polar surface area (TPSA) is 80.0 Å². The third kappa shape index (κ3) is 4.21. The van der Waals surface area contributed by atoms with Gasteiger partial charge in [-0.05, 0) is 56.2 Å². The fourth-order valence-electron chi connectivity index (χ4n) is 2.59. The maximum atomic E-state index is 12.6. The van der Waals surface area contributed by atoms with E-state index in [0.717, 1.165) is 16.9 Å². The largest absolute Gasteiger partial charge is 0.467 e. The van der Waals surface area contributed by atoms with Crippen LogP contribution in [0.3, 0.4) is 0 Å². The zero-order chi connectivity index (χ0) is 18.7. The van der Waals surface area contributed by atoms with Crippen molar-refractivity contribution in [3.05, 3.63) is 69.9 Å². The fourth-order valence-corrected chi connectivity index (χ4v) is 2.96. The molecule has 0 aliphatic rings. The van der Waals surface area contributed by atoms with E-state index in [4.69, 9.17) is 16.0 Å². The van der Waals surface area contributed by atoms with E-state index < -0.39 is 0 Å². The Morgan fingerprint density at radius 3 is 2.69 bits per heavy atom. The number of nitrogens with zero attached hydrogens (tertiary/aromatic N) is 2. The third-order valence-corrected chi connectivity index (χ3v) is 4.06. The van der Waals surface area contributed by atoms with Crippen LogP contribution in [0.25, 0.3) is 0 Å². The summed E-state index contributed by atoms with van der Waals surface area (Å²) in [6.45, 7) is 6.09. The minimum absolute atomic E-state index is 0.260. The molecule has 0 saturated heterocycles. The van der Waals surface area contributed by atoms with Crippen LogP contribution in [0.15, 0.2) is 41.0 Å². The summed E-state index contributed by atoms with van der Waals surface area (Å²) in [6, 6.07) is 9.05. The Bertz CT molecular complexity index is 916. The Morgan fingerprint density at radius 2 is 2.00 bits per heavy atom. The van der Waals surface area contributed by atoms with Crippen LogP contribution in [0.5, 0.6) is 0 Å². The van der Waals surface area contributed by atoms with E-state index in [1.807, 2.05) is 32.0 Å². The van der Waals surface area contributed by atoms with Gasteiger partial charge in [-0.3, -0.25) is 4.79 Å². The maximum absolute atomic E-state index is 12.6. The number of aryl methyl sites for hydroxylation is 3. The lowest BCUT2D eigenvalue weighted by atomic mass is 10.1. The van der Waals surface area contributed by atoms with E-state index in [2.05, 4.69) is 20.6 Å². The molecular weight excluding hydrogens is 352 g/mol. The van der Waals surface area contributed by atoms with Crippen molar-refractivity contribution >= 4 is 29.1 Å². The first-order chi connectivity index (χ1) is 12.4. The highest BCUT2D eigenvalue weighted by Gasteiger charge is 2.14. The molecule has 26 heavy (non-hydrogen) atoms. The molecule has 3 aromatic rings. The summed E-state index contributed by atoms with van der Waals surface area (Å²) in [7, 11) is 0. The van der Waals surface area contributed by atoms with Crippen molar-refractivity contribution in [3.63, 3.8) is 0 Å². The van der Waals surface area contributed by atoms with Gasteiger partial charge in [0.25, 0.3) is 5.91 Å². The van der Waals surface area contributed by atoms with Crippen molar-refractivity contribution in [3.8, 4) is 0 Å². The van der Waals surface area contributed by atoms with Crippen LogP contribution < -0.4 is 10.6 Å². The zero-order valence-corrected chi connectivity index (χ0v) is 15.5. The molecule has 1 aromatic carbocycles. The third-order valence-electron chi connectivity index (χ3n) is 3.76. The Balaban J connectivity index is 1.79. The first kappa shape index (κ1) is 17.9. The van der Waals surface area contributed by atoms with Crippen molar-refractivity contribution in [1.29, 1.82) is 0 Å². The lowest BCUT2D eigenvalue weighted by Gasteiger charge is -2.12. The number of carbonyl (C=O) groups is 1. The Kier molecular flexibility index (Phi) is 5.23. The summed E-state index contributed by atoms with van der Waals surface area (Å²) >= 11 is 6.27. The molecule has 0 atom stereocenters. The molecule has 0 aliphatic heterocycles. The predicted octanol–water partition coefficient (Wildman–Crippen LogP) is 4.51. The molecule has 2 N–H and O–H groups in total. The number of hydrogen-bond donors (Lipinski definition) is 2. The molecule has 0 saturated carbocycles. The summed E-state index contributed by atoms with van der Waals surface area (Å²) < 4.78 is 5.27. The summed E-state index contributed by atoms with van der Waals surface area (Å²) in [5, 5.41) is 6.39. The van der Waals surface area contributed by atoms with Crippen LogP contribution in [0.4, 0.5) is 11.6 Å². The number of furan rings is 1. The molecule has 0 radical (unpaired) electrons. The smallest absolute Gasteiger partial charge is 0.274 e. The van der Waals surface area contributed by atoms with E-state index in [-0.39, 0.29) is 11.6 Å². The average molecular weight is 371 g/mol. The lowest BCUT2D eigenvalue weighted by Crippen LogP contribution is -2.17. The van der Waals surface area contributed by atoms with Crippen LogP contribution in [-0.4, -0.2) is 15.9 Å². The number of nitrogens with one attached hydrogen (secondary N) is 2. The highest BCUT2D eigenvalue weighted by atomic mass is 35.5. The van der Waals surface area contributed by atoms with E-state index in [0.29, 0.717) is 28.9 Å². The van der Waals surface area contributed by atoms with Crippen LogP contribution in [0.2, 0.25) is 5.02 Å². The number of rotatable bonds is 5. The molecule has 0 fully saturated rings. The van der Waals surface area contributed by atoms with Gasteiger partial charge in [-0.15, -0.1) is 0 Å². The molecule has 0 spiro atoms. The molecular formula is C19H19ClN4O2. The van der Waals surface area contributed by atoms with Gasteiger partial charge in [0.2, 0.25) is 5.95 Å². The highest BCUT2D eigenvalue weighted by molar-refractivity contribution is 6.34. The second-order valence-electron chi connectivity index (χ2n) is 6.04. The second-order valence-corrected chi connectivity index (χ2v) is 6.45. The monoisotopic (exact) mass is 370 g/mol. The van der Waals surface area contributed by atoms with Crippen LogP contribution in [0, 0.1) is 20.8 Å². The predicted molar refractivity (Wildman–Crippen MR) is 102 cm³/mol. The molecule has 0 aliphatic carbocycles.